The molecule has 0 radical (unpaired) electrons. The lowest BCUT2D eigenvalue weighted by atomic mass is 9.98. The van der Waals surface area contributed by atoms with Crippen LogP contribution in [0.1, 0.15) is 33.3 Å². The number of hydrogen-bond donors (Lipinski definition) is 1. The number of carbonyl (C=O) groups is 1. The van der Waals surface area contributed by atoms with Gasteiger partial charge in [-0.2, -0.15) is 0 Å². The molecule has 0 amide bonds. The van der Waals surface area contributed by atoms with Crippen molar-refractivity contribution in [2.75, 3.05) is 6.54 Å². The predicted molar refractivity (Wildman–Crippen MR) is 73.7 cm³/mol. The van der Waals surface area contributed by atoms with Crippen molar-refractivity contribution in [3.8, 4) is 0 Å². The van der Waals surface area contributed by atoms with Crippen LogP contribution < -0.4 is 0 Å². The van der Waals surface area contributed by atoms with Crippen molar-refractivity contribution in [2.24, 2.45) is 0 Å². The molecule has 1 rings (SSSR count). The summed E-state index contributed by atoms with van der Waals surface area (Å²) in [4.78, 5) is 12.8. The molecule has 0 aliphatic carbocycles. The van der Waals surface area contributed by atoms with Gasteiger partial charge in [0, 0.05) is 11.6 Å². The van der Waals surface area contributed by atoms with Crippen LogP contribution in [0.5, 0.6) is 0 Å². The van der Waals surface area contributed by atoms with Crippen LogP contribution in [0, 0.1) is 5.82 Å². The molecule has 1 atom stereocenters. The zero-order valence-corrected chi connectivity index (χ0v) is 12.0. The monoisotopic (exact) mass is 267 g/mol. The lowest BCUT2D eigenvalue weighted by Crippen LogP contribution is -2.50. The van der Waals surface area contributed by atoms with Gasteiger partial charge in [-0.3, -0.25) is 9.69 Å². The summed E-state index contributed by atoms with van der Waals surface area (Å²) in [6.45, 7) is 7.79. The molecule has 0 saturated carbocycles. The smallest absolute Gasteiger partial charge is 0.317 e. The van der Waals surface area contributed by atoms with E-state index in [2.05, 4.69) is 0 Å². The molecule has 0 spiro atoms. The summed E-state index contributed by atoms with van der Waals surface area (Å²) in [7, 11) is 0. The quantitative estimate of drug-likeness (QED) is 0.891. The van der Waals surface area contributed by atoms with Gasteiger partial charge in [-0.1, -0.05) is 18.2 Å². The van der Waals surface area contributed by atoms with Gasteiger partial charge in [0.05, 0.1) is 6.54 Å². The van der Waals surface area contributed by atoms with Crippen molar-refractivity contribution in [1.29, 1.82) is 0 Å². The molecule has 0 aliphatic rings. The normalized spacial score (nSPS) is 13.6. The second-order valence-corrected chi connectivity index (χ2v) is 5.84. The van der Waals surface area contributed by atoms with Crippen LogP contribution in [0.2, 0.25) is 0 Å². The van der Waals surface area contributed by atoms with Crippen molar-refractivity contribution in [3.63, 3.8) is 0 Å². The zero-order valence-electron chi connectivity index (χ0n) is 12.0. The summed E-state index contributed by atoms with van der Waals surface area (Å²) in [5.74, 6) is -1.10. The third-order valence-corrected chi connectivity index (χ3v) is 3.17. The van der Waals surface area contributed by atoms with E-state index in [1.54, 1.807) is 18.2 Å². The first kappa shape index (κ1) is 15.6. The maximum absolute atomic E-state index is 13.6. The van der Waals surface area contributed by atoms with Crippen molar-refractivity contribution in [2.45, 2.75) is 45.7 Å². The molecule has 1 aromatic carbocycles. The number of hydrogen-bond acceptors (Lipinski definition) is 2. The topological polar surface area (TPSA) is 40.5 Å². The summed E-state index contributed by atoms with van der Waals surface area (Å²) >= 11 is 0. The molecule has 1 unspecified atom stereocenters. The minimum Gasteiger partial charge on any atom is -0.480 e. The van der Waals surface area contributed by atoms with Gasteiger partial charge in [0.15, 0.2) is 0 Å². The minimum absolute atomic E-state index is 0.0425. The van der Waals surface area contributed by atoms with Crippen LogP contribution in [0.4, 0.5) is 4.39 Å². The highest BCUT2D eigenvalue weighted by molar-refractivity contribution is 5.69. The first-order valence-corrected chi connectivity index (χ1v) is 6.43. The number of nitrogens with zero attached hydrogens (tertiary/aromatic N) is 1. The van der Waals surface area contributed by atoms with E-state index >= 15 is 0 Å². The van der Waals surface area contributed by atoms with E-state index in [0.29, 0.717) is 12.0 Å². The van der Waals surface area contributed by atoms with Gasteiger partial charge < -0.3 is 5.11 Å². The van der Waals surface area contributed by atoms with Crippen molar-refractivity contribution < 1.29 is 14.3 Å². The summed E-state index contributed by atoms with van der Waals surface area (Å²) in [6, 6.07) is 6.58. The second kappa shape index (κ2) is 6.15. The molecule has 3 nitrogen and oxygen atoms in total. The van der Waals surface area contributed by atoms with Gasteiger partial charge in [0.2, 0.25) is 0 Å². The Morgan fingerprint density at radius 2 is 1.95 bits per heavy atom. The van der Waals surface area contributed by atoms with E-state index in [4.69, 9.17) is 5.11 Å². The molecule has 1 aromatic rings. The maximum Gasteiger partial charge on any atom is 0.317 e. The first-order valence-electron chi connectivity index (χ1n) is 6.43. The summed E-state index contributed by atoms with van der Waals surface area (Å²) in [5.41, 5.74) is 0.345. The zero-order chi connectivity index (χ0) is 14.6. The number of carboxylic acid groups (broad SMARTS) is 1. The fraction of sp³-hybridized carbons (Fsp3) is 0.533. The largest absolute Gasteiger partial charge is 0.480 e. The Kier molecular flexibility index (Phi) is 5.06. The number of aliphatic carboxylic acids is 1. The summed E-state index contributed by atoms with van der Waals surface area (Å²) in [6.07, 6.45) is 0.497. The molecule has 0 saturated heterocycles. The molecule has 106 valence electrons. The van der Waals surface area contributed by atoms with Gasteiger partial charge in [-0.05, 0) is 45.7 Å². The van der Waals surface area contributed by atoms with Gasteiger partial charge in [-0.15, -0.1) is 0 Å². The minimum atomic E-state index is -0.865. The molecular weight excluding hydrogens is 245 g/mol. The van der Waals surface area contributed by atoms with E-state index in [0.717, 1.165) is 0 Å². The molecule has 0 bridgehead atoms. The highest BCUT2D eigenvalue weighted by atomic mass is 19.1. The Balaban J connectivity index is 2.86. The van der Waals surface area contributed by atoms with Crippen LogP contribution in [0.3, 0.4) is 0 Å². The molecule has 19 heavy (non-hydrogen) atoms. The van der Waals surface area contributed by atoms with Crippen LogP contribution in [-0.2, 0) is 11.2 Å². The van der Waals surface area contributed by atoms with Crippen LogP contribution in [-0.4, -0.2) is 34.1 Å². The van der Waals surface area contributed by atoms with Crippen LogP contribution >= 0.6 is 0 Å². The maximum atomic E-state index is 13.6. The van der Waals surface area contributed by atoms with Gasteiger partial charge in [-0.25, -0.2) is 4.39 Å². The number of carboxylic acids is 1. The average molecular weight is 267 g/mol. The third-order valence-electron chi connectivity index (χ3n) is 3.17. The molecule has 0 aliphatic heterocycles. The van der Waals surface area contributed by atoms with Gasteiger partial charge in [0.1, 0.15) is 5.82 Å². The average Bonchev–Trinajstić information content (AvgIpc) is 2.27. The molecular formula is C15H22FNO2. The lowest BCUT2D eigenvalue weighted by Gasteiger charge is -2.39. The number of halogens is 1. The fourth-order valence-corrected chi connectivity index (χ4v) is 2.29. The molecule has 4 heteroatoms. The predicted octanol–water partition coefficient (Wildman–Crippen LogP) is 2.94. The van der Waals surface area contributed by atoms with Crippen LogP contribution in [0.25, 0.3) is 0 Å². The summed E-state index contributed by atoms with van der Waals surface area (Å²) in [5, 5.41) is 9.00. The lowest BCUT2D eigenvalue weighted by molar-refractivity contribution is -0.140. The third kappa shape index (κ3) is 4.63. The van der Waals surface area contributed by atoms with E-state index < -0.39 is 5.97 Å². The molecule has 0 heterocycles. The highest BCUT2D eigenvalue weighted by Crippen LogP contribution is 2.20. The first-order chi connectivity index (χ1) is 8.71. The Hall–Kier alpha value is -1.42. The van der Waals surface area contributed by atoms with Crippen molar-refractivity contribution in [1.82, 2.24) is 4.90 Å². The van der Waals surface area contributed by atoms with Crippen molar-refractivity contribution >= 4 is 5.97 Å². The van der Waals surface area contributed by atoms with Gasteiger partial charge >= 0.3 is 5.97 Å². The number of benzene rings is 1. The molecule has 1 N–H and O–H groups in total. The van der Waals surface area contributed by atoms with Crippen molar-refractivity contribution in [3.05, 3.63) is 35.6 Å². The second-order valence-electron chi connectivity index (χ2n) is 5.84. The Morgan fingerprint density at radius 3 is 2.42 bits per heavy atom. The fourth-order valence-electron chi connectivity index (χ4n) is 2.29. The Morgan fingerprint density at radius 1 is 1.37 bits per heavy atom. The summed E-state index contributed by atoms with van der Waals surface area (Å²) < 4.78 is 13.6. The van der Waals surface area contributed by atoms with E-state index in [1.807, 2.05) is 32.6 Å². The Labute approximate surface area is 114 Å². The number of rotatable bonds is 5. The molecule has 0 fully saturated rings. The van der Waals surface area contributed by atoms with E-state index in [1.165, 1.54) is 6.07 Å². The Bertz CT molecular complexity index is 440. The molecule has 0 aromatic heterocycles. The van der Waals surface area contributed by atoms with E-state index in [9.17, 15) is 9.18 Å². The van der Waals surface area contributed by atoms with E-state index in [-0.39, 0.29) is 23.9 Å². The standard InChI is InChI=1S/C15H22FNO2/c1-11(9-12-7-5-6-8-13(12)16)17(10-14(18)19)15(2,3)4/h5-8,11H,9-10H2,1-4H3,(H,18,19). The van der Waals surface area contributed by atoms with Gasteiger partial charge in [0.25, 0.3) is 0 Å². The SMILES string of the molecule is CC(Cc1ccccc1F)N(CC(=O)O)C(C)(C)C. The highest BCUT2D eigenvalue weighted by Gasteiger charge is 2.28. The van der Waals surface area contributed by atoms with Crippen LogP contribution in [0.15, 0.2) is 24.3 Å².